The Labute approximate surface area is 215 Å². The molecule has 38 heavy (non-hydrogen) atoms. The number of piperidine rings is 1. The number of urea groups is 1. The lowest BCUT2D eigenvalue weighted by atomic mass is 9.81. The molecule has 3 aliphatic rings. The summed E-state index contributed by atoms with van der Waals surface area (Å²) in [6, 6.07) is 8.45. The van der Waals surface area contributed by atoms with Crippen LogP contribution in [-0.2, 0) is 10.9 Å². The number of morpholine rings is 1. The zero-order valence-corrected chi connectivity index (χ0v) is 20.2. The molecular formula is C26H25F5N2O5. The summed E-state index contributed by atoms with van der Waals surface area (Å²) in [6.07, 6.45) is -7.79. The van der Waals surface area contributed by atoms with Gasteiger partial charge in [-0.3, -0.25) is 4.79 Å². The van der Waals surface area contributed by atoms with E-state index in [0.29, 0.717) is 44.8 Å². The number of fused-ring (bicyclic) bond motifs is 1. The third kappa shape index (κ3) is 5.69. The molecule has 2 unspecified atom stereocenters. The fourth-order valence-corrected chi connectivity index (χ4v) is 5.15. The van der Waals surface area contributed by atoms with Crippen molar-refractivity contribution in [3.63, 3.8) is 0 Å². The van der Waals surface area contributed by atoms with Crippen molar-refractivity contribution < 1.29 is 45.8 Å². The third-order valence-electron chi connectivity index (χ3n) is 7.00. The van der Waals surface area contributed by atoms with Crippen LogP contribution in [0.5, 0.6) is 11.5 Å². The Morgan fingerprint density at radius 3 is 2.29 bits per heavy atom. The van der Waals surface area contributed by atoms with Crippen LogP contribution in [0, 0.1) is 5.92 Å². The number of halogens is 5. The summed E-state index contributed by atoms with van der Waals surface area (Å²) in [7, 11) is 0. The molecular weight excluding hydrogens is 515 g/mol. The van der Waals surface area contributed by atoms with E-state index in [2.05, 4.69) is 9.47 Å². The molecule has 12 heteroatoms. The fraction of sp³-hybridized carbons (Fsp3) is 0.462. The van der Waals surface area contributed by atoms with Crippen LogP contribution < -0.4 is 9.47 Å². The number of carbonyl (C=O) groups is 2. The maximum absolute atomic E-state index is 13.4. The average molecular weight is 540 g/mol. The summed E-state index contributed by atoms with van der Waals surface area (Å²) >= 11 is 0. The number of hydrogen-bond donors (Lipinski definition) is 0. The second-order valence-corrected chi connectivity index (χ2v) is 9.66. The van der Waals surface area contributed by atoms with Crippen molar-refractivity contribution in [2.24, 2.45) is 5.92 Å². The first-order valence-electron chi connectivity index (χ1n) is 12.2. The number of nitrogens with zero attached hydrogens (tertiary/aromatic N) is 2. The van der Waals surface area contributed by atoms with Crippen LogP contribution in [0.25, 0.3) is 0 Å². The highest BCUT2D eigenvalue weighted by Gasteiger charge is 2.43. The number of rotatable bonds is 4. The Hall–Kier alpha value is -3.41. The summed E-state index contributed by atoms with van der Waals surface area (Å²) in [6.45, 7) is 2.24. The molecule has 0 aromatic heterocycles. The van der Waals surface area contributed by atoms with Crippen molar-refractivity contribution in [1.29, 1.82) is 0 Å². The van der Waals surface area contributed by atoms with E-state index in [0.717, 1.165) is 12.1 Å². The lowest BCUT2D eigenvalue weighted by Crippen LogP contribution is -2.52. The summed E-state index contributed by atoms with van der Waals surface area (Å²) in [5.41, 5.74) is 0.0337. The van der Waals surface area contributed by atoms with Gasteiger partial charge in [0.2, 0.25) is 0 Å². The SMILES string of the molecule is O=C(CC1CC(c2ccc(C(F)(F)F)cc2)CN(C(=O)N2CCOCC2)C1)c1ccc2c(c1)OC(F)(F)O2. The molecule has 2 aromatic rings. The zero-order valence-electron chi connectivity index (χ0n) is 20.2. The van der Waals surface area contributed by atoms with Gasteiger partial charge in [0.1, 0.15) is 0 Å². The van der Waals surface area contributed by atoms with Crippen LogP contribution in [0.1, 0.15) is 40.2 Å². The van der Waals surface area contributed by atoms with Gasteiger partial charge in [0.25, 0.3) is 0 Å². The molecule has 3 heterocycles. The van der Waals surface area contributed by atoms with Gasteiger partial charge in [0.15, 0.2) is 17.3 Å². The van der Waals surface area contributed by atoms with E-state index in [1.807, 2.05) is 0 Å². The van der Waals surface area contributed by atoms with Crippen LogP contribution >= 0.6 is 0 Å². The zero-order chi connectivity index (χ0) is 27.1. The molecule has 0 saturated carbocycles. The maximum Gasteiger partial charge on any atom is 0.586 e. The van der Waals surface area contributed by atoms with Gasteiger partial charge >= 0.3 is 18.5 Å². The van der Waals surface area contributed by atoms with Crippen molar-refractivity contribution in [1.82, 2.24) is 9.80 Å². The van der Waals surface area contributed by atoms with Crippen LogP contribution in [0.3, 0.4) is 0 Å². The summed E-state index contributed by atoms with van der Waals surface area (Å²) in [4.78, 5) is 29.7. The number of carbonyl (C=O) groups excluding carboxylic acids is 2. The lowest BCUT2D eigenvalue weighted by Gasteiger charge is -2.41. The van der Waals surface area contributed by atoms with Gasteiger partial charge in [-0.1, -0.05) is 12.1 Å². The molecule has 3 aliphatic heterocycles. The Morgan fingerprint density at radius 2 is 1.61 bits per heavy atom. The number of amides is 2. The van der Waals surface area contributed by atoms with Crippen molar-refractivity contribution in [3.8, 4) is 11.5 Å². The first kappa shape index (κ1) is 26.2. The Bertz CT molecular complexity index is 1200. The largest absolute Gasteiger partial charge is 0.586 e. The minimum atomic E-state index is -4.47. The predicted octanol–water partition coefficient (Wildman–Crippen LogP) is 5.16. The summed E-state index contributed by atoms with van der Waals surface area (Å²) in [5.74, 6) is -1.33. The van der Waals surface area contributed by atoms with E-state index >= 15 is 0 Å². The summed E-state index contributed by atoms with van der Waals surface area (Å²) in [5, 5.41) is 0. The van der Waals surface area contributed by atoms with Crippen molar-refractivity contribution in [3.05, 3.63) is 59.2 Å². The topological polar surface area (TPSA) is 68.3 Å². The molecule has 2 fully saturated rings. The quantitative estimate of drug-likeness (QED) is 0.396. The van der Waals surface area contributed by atoms with Crippen molar-refractivity contribution in [2.75, 3.05) is 39.4 Å². The predicted molar refractivity (Wildman–Crippen MR) is 123 cm³/mol. The van der Waals surface area contributed by atoms with E-state index in [-0.39, 0.29) is 53.7 Å². The monoisotopic (exact) mass is 540 g/mol. The van der Waals surface area contributed by atoms with E-state index in [1.54, 1.807) is 9.80 Å². The Morgan fingerprint density at radius 1 is 0.921 bits per heavy atom. The van der Waals surface area contributed by atoms with Gasteiger partial charge in [0.05, 0.1) is 18.8 Å². The first-order valence-corrected chi connectivity index (χ1v) is 12.2. The number of alkyl halides is 5. The van der Waals surface area contributed by atoms with Gasteiger partial charge in [-0.15, -0.1) is 8.78 Å². The third-order valence-corrected chi connectivity index (χ3v) is 7.00. The maximum atomic E-state index is 13.4. The van der Waals surface area contributed by atoms with E-state index in [4.69, 9.17) is 4.74 Å². The molecule has 2 amide bonds. The number of benzene rings is 2. The van der Waals surface area contributed by atoms with Crippen LogP contribution in [0.15, 0.2) is 42.5 Å². The standard InChI is InChI=1S/C26H25F5N2O5/c27-25(28,29)20-4-1-17(2-5-20)19-11-16(14-33(15-19)24(35)32-7-9-36-10-8-32)12-21(34)18-3-6-22-23(13-18)38-26(30,31)37-22/h1-6,13,16,19H,7-12,14-15H2. The van der Waals surface area contributed by atoms with Gasteiger partial charge in [-0.05, 0) is 48.2 Å². The molecule has 2 atom stereocenters. The van der Waals surface area contributed by atoms with Crippen LogP contribution in [0.2, 0.25) is 0 Å². The van der Waals surface area contributed by atoms with E-state index < -0.39 is 18.0 Å². The first-order chi connectivity index (χ1) is 18.0. The molecule has 0 spiro atoms. The normalized spacial score (nSPS) is 22.9. The number of likely N-dealkylation sites (tertiary alicyclic amines) is 1. The van der Waals surface area contributed by atoms with Gasteiger partial charge in [-0.25, -0.2) is 4.79 Å². The highest BCUT2D eigenvalue weighted by Crippen LogP contribution is 2.42. The highest BCUT2D eigenvalue weighted by atomic mass is 19.4. The minimum Gasteiger partial charge on any atom is -0.395 e. The van der Waals surface area contributed by atoms with Crippen LogP contribution in [0.4, 0.5) is 26.7 Å². The number of ketones is 1. The van der Waals surface area contributed by atoms with Crippen molar-refractivity contribution in [2.45, 2.75) is 31.2 Å². The number of Topliss-reactive ketones (excluding diaryl/α,β-unsaturated/α-hetero) is 1. The van der Waals surface area contributed by atoms with Gasteiger partial charge < -0.3 is 24.0 Å². The van der Waals surface area contributed by atoms with Crippen molar-refractivity contribution >= 4 is 11.8 Å². The van der Waals surface area contributed by atoms with E-state index in [9.17, 15) is 31.5 Å². The molecule has 0 N–H and O–H groups in total. The molecule has 204 valence electrons. The molecule has 0 aliphatic carbocycles. The smallest absolute Gasteiger partial charge is 0.395 e. The highest BCUT2D eigenvalue weighted by molar-refractivity contribution is 5.97. The average Bonchev–Trinajstić information content (AvgIpc) is 3.21. The number of ether oxygens (including phenoxy) is 3. The molecule has 0 radical (unpaired) electrons. The molecule has 5 rings (SSSR count). The van der Waals surface area contributed by atoms with Gasteiger partial charge in [0, 0.05) is 44.1 Å². The van der Waals surface area contributed by atoms with Crippen LogP contribution in [-0.4, -0.2) is 67.3 Å². The summed E-state index contributed by atoms with van der Waals surface area (Å²) < 4.78 is 80.1. The van der Waals surface area contributed by atoms with E-state index in [1.165, 1.54) is 30.3 Å². The molecule has 0 bridgehead atoms. The van der Waals surface area contributed by atoms with Gasteiger partial charge in [-0.2, -0.15) is 13.2 Å². The number of hydrogen-bond acceptors (Lipinski definition) is 5. The Balaban J connectivity index is 1.34. The lowest BCUT2D eigenvalue weighted by molar-refractivity contribution is -0.286. The minimum absolute atomic E-state index is 0.0140. The molecule has 7 nitrogen and oxygen atoms in total. The molecule has 2 saturated heterocycles. The second kappa shape index (κ2) is 10.0. The second-order valence-electron chi connectivity index (χ2n) is 9.66. The Kier molecular flexibility index (Phi) is 6.93. The fourth-order valence-electron chi connectivity index (χ4n) is 5.15. The molecule has 2 aromatic carbocycles.